The Labute approximate surface area is 145 Å². The van der Waals surface area contributed by atoms with Gasteiger partial charge < -0.3 is 15.0 Å². The van der Waals surface area contributed by atoms with Crippen LogP contribution in [0.2, 0.25) is 0 Å². The van der Waals surface area contributed by atoms with Gasteiger partial charge in [0.15, 0.2) is 0 Å². The van der Waals surface area contributed by atoms with Gasteiger partial charge in [0.2, 0.25) is 5.91 Å². The summed E-state index contributed by atoms with van der Waals surface area (Å²) in [7, 11) is 1.69. The van der Waals surface area contributed by atoms with Gasteiger partial charge in [0.1, 0.15) is 5.75 Å². The van der Waals surface area contributed by atoms with E-state index in [0.717, 1.165) is 30.9 Å². The Morgan fingerprint density at radius 2 is 2.04 bits per heavy atom. The molecule has 1 aliphatic carbocycles. The van der Waals surface area contributed by atoms with Crippen LogP contribution in [0.4, 0.5) is 0 Å². The van der Waals surface area contributed by atoms with Crippen LogP contribution in [0.5, 0.6) is 5.75 Å². The van der Waals surface area contributed by atoms with Crippen molar-refractivity contribution in [1.82, 2.24) is 10.2 Å². The molecule has 0 aromatic heterocycles. The second kappa shape index (κ2) is 8.55. The number of halogens is 1. The highest BCUT2D eigenvalue weighted by Gasteiger charge is 2.31. The molecule has 23 heavy (non-hydrogen) atoms. The molecule has 0 radical (unpaired) electrons. The van der Waals surface area contributed by atoms with Gasteiger partial charge >= 0.3 is 0 Å². The van der Waals surface area contributed by atoms with Crippen LogP contribution in [0.15, 0.2) is 24.3 Å². The largest absolute Gasteiger partial charge is 0.496 e. The summed E-state index contributed by atoms with van der Waals surface area (Å²) in [6.07, 6.45) is 5.73. The number of carbonyl (C=O) groups excluding carboxylic acids is 1. The first-order chi connectivity index (χ1) is 10.8. The number of hydrogen-bond acceptors (Lipinski definition) is 3. The van der Waals surface area contributed by atoms with E-state index in [2.05, 4.69) is 16.3 Å². The zero-order valence-electron chi connectivity index (χ0n) is 13.8. The van der Waals surface area contributed by atoms with Gasteiger partial charge in [0.25, 0.3) is 0 Å². The predicted molar refractivity (Wildman–Crippen MR) is 94.1 cm³/mol. The van der Waals surface area contributed by atoms with Crippen LogP contribution in [0.1, 0.15) is 43.7 Å². The second-order valence-electron chi connectivity index (χ2n) is 6.40. The van der Waals surface area contributed by atoms with E-state index in [-0.39, 0.29) is 18.4 Å². The van der Waals surface area contributed by atoms with Crippen molar-refractivity contribution in [3.8, 4) is 5.75 Å². The predicted octanol–water partition coefficient (Wildman–Crippen LogP) is 3.17. The number of ether oxygens (including phenoxy) is 1. The average Bonchev–Trinajstić information content (AvgIpc) is 3.07. The summed E-state index contributed by atoms with van der Waals surface area (Å²) >= 11 is 0. The SMILES string of the molecule is COc1ccccc1C1CNCCN1C(=O)CC1CCCC1.Cl. The summed E-state index contributed by atoms with van der Waals surface area (Å²) in [4.78, 5) is 14.9. The molecule has 3 rings (SSSR count). The van der Waals surface area contributed by atoms with Crippen LogP contribution in [0, 0.1) is 5.92 Å². The molecule has 4 nitrogen and oxygen atoms in total. The third-order valence-electron chi connectivity index (χ3n) is 5.00. The molecule has 1 aliphatic heterocycles. The fourth-order valence-electron chi connectivity index (χ4n) is 3.80. The van der Waals surface area contributed by atoms with E-state index in [4.69, 9.17) is 4.74 Å². The lowest BCUT2D eigenvalue weighted by molar-refractivity contribution is -0.135. The van der Waals surface area contributed by atoms with Gasteiger partial charge in [-0.1, -0.05) is 31.0 Å². The van der Waals surface area contributed by atoms with Gasteiger partial charge in [-0.3, -0.25) is 4.79 Å². The van der Waals surface area contributed by atoms with Crippen LogP contribution >= 0.6 is 12.4 Å². The van der Waals surface area contributed by atoms with E-state index >= 15 is 0 Å². The lowest BCUT2D eigenvalue weighted by Crippen LogP contribution is -2.49. The van der Waals surface area contributed by atoms with Crippen molar-refractivity contribution in [1.29, 1.82) is 0 Å². The normalized spacial score (nSPS) is 21.8. The summed E-state index contributed by atoms with van der Waals surface area (Å²) in [6, 6.07) is 8.13. The molecule has 0 bridgehead atoms. The molecule has 2 aliphatic rings. The lowest BCUT2D eigenvalue weighted by Gasteiger charge is -2.37. The number of hydrogen-bond donors (Lipinski definition) is 1. The fraction of sp³-hybridized carbons (Fsp3) is 0.611. The number of methoxy groups -OCH3 is 1. The molecule has 1 saturated heterocycles. The average molecular weight is 339 g/mol. The summed E-state index contributed by atoms with van der Waals surface area (Å²) in [5.74, 6) is 1.78. The highest BCUT2D eigenvalue weighted by atomic mass is 35.5. The Bertz CT molecular complexity index is 517. The maximum Gasteiger partial charge on any atom is 0.223 e. The Morgan fingerprint density at radius 1 is 1.30 bits per heavy atom. The molecule has 0 spiro atoms. The first-order valence-electron chi connectivity index (χ1n) is 8.42. The summed E-state index contributed by atoms with van der Waals surface area (Å²) in [5.41, 5.74) is 1.11. The monoisotopic (exact) mass is 338 g/mol. The molecule has 1 unspecified atom stereocenters. The highest BCUT2D eigenvalue weighted by molar-refractivity contribution is 5.85. The summed E-state index contributed by atoms with van der Waals surface area (Å²) in [5, 5.41) is 3.41. The minimum absolute atomic E-state index is 0. The zero-order valence-corrected chi connectivity index (χ0v) is 14.6. The molecule has 1 amide bonds. The van der Waals surface area contributed by atoms with Gasteiger partial charge in [-0.05, 0) is 24.8 Å². The molecule has 1 heterocycles. The molecule has 2 fully saturated rings. The molecule has 128 valence electrons. The van der Waals surface area contributed by atoms with Crippen molar-refractivity contribution in [3.63, 3.8) is 0 Å². The number of benzene rings is 1. The van der Waals surface area contributed by atoms with Crippen LogP contribution in [0.25, 0.3) is 0 Å². The quantitative estimate of drug-likeness (QED) is 0.916. The number of para-hydroxylation sites is 1. The summed E-state index contributed by atoms with van der Waals surface area (Å²) < 4.78 is 5.49. The van der Waals surface area contributed by atoms with Crippen LogP contribution in [0.3, 0.4) is 0 Å². The number of carbonyl (C=O) groups is 1. The maximum absolute atomic E-state index is 12.8. The fourth-order valence-corrected chi connectivity index (χ4v) is 3.80. The summed E-state index contributed by atoms with van der Waals surface area (Å²) in [6.45, 7) is 2.47. The molecule has 1 N–H and O–H groups in total. The highest BCUT2D eigenvalue weighted by Crippen LogP contribution is 2.33. The molecule has 1 aromatic rings. The van der Waals surface area contributed by atoms with Gasteiger partial charge in [0, 0.05) is 31.6 Å². The minimum atomic E-state index is 0. The van der Waals surface area contributed by atoms with E-state index < -0.39 is 0 Å². The number of piperazine rings is 1. The van der Waals surface area contributed by atoms with E-state index in [1.54, 1.807) is 7.11 Å². The van der Waals surface area contributed by atoms with E-state index in [9.17, 15) is 4.79 Å². The first kappa shape index (κ1) is 18.1. The Balaban J connectivity index is 0.00000192. The molecule has 1 aromatic carbocycles. The number of nitrogens with one attached hydrogen (secondary N) is 1. The van der Waals surface area contributed by atoms with Crippen molar-refractivity contribution in [2.45, 2.75) is 38.1 Å². The van der Waals surface area contributed by atoms with Crippen LogP contribution < -0.4 is 10.1 Å². The Kier molecular flexibility index (Phi) is 6.72. The molecule has 1 atom stereocenters. The standard InChI is InChI=1S/C18H26N2O2.ClH/c1-22-17-9-5-4-8-15(17)16-13-19-10-11-20(16)18(21)12-14-6-2-3-7-14;/h4-5,8-9,14,16,19H,2-3,6-7,10-13H2,1H3;1H. The third-order valence-corrected chi connectivity index (χ3v) is 5.00. The van der Waals surface area contributed by atoms with Crippen LogP contribution in [-0.2, 0) is 4.79 Å². The topological polar surface area (TPSA) is 41.6 Å². The van der Waals surface area contributed by atoms with E-state index in [1.165, 1.54) is 25.7 Å². The van der Waals surface area contributed by atoms with Crippen molar-refractivity contribution in [2.24, 2.45) is 5.92 Å². The molecular weight excluding hydrogens is 312 g/mol. The smallest absolute Gasteiger partial charge is 0.223 e. The first-order valence-corrected chi connectivity index (χ1v) is 8.42. The van der Waals surface area contributed by atoms with Gasteiger partial charge in [-0.15, -0.1) is 12.4 Å². The minimum Gasteiger partial charge on any atom is -0.496 e. The third kappa shape index (κ3) is 4.18. The van der Waals surface area contributed by atoms with Gasteiger partial charge in [-0.2, -0.15) is 0 Å². The van der Waals surface area contributed by atoms with Crippen LogP contribution in [-0.4, -0.2) is 37.6 Å². The van der Waals surface area contributed by atoms with Crippen molar-refractivity contribution in [3.05, 3.63) is 29.8 Å². The lowest BCUT2D eigenvalue weighted by atomic mass is 9.98. The molecule has 1 saturated carbocycles. The van der Waals surface area contributed by atoms with Crippen molar-refractivity contribution in [2.75, 3.05) is 26.7 Å². The number of nitrogens with zero attached hydrogens (tertiary/aromatic N) is 1. The van der Waals surface area contributed by atoms with Crippen molar-refractivity contribution < 1.29 is 9.53 Å². The Hall–Kier alpha value is -1.26. The van der Waals surface area contributed by atoms with E-state index in [1.807, 2.05) is 18.2 Å². The Morgan fingerprint density at radius 3 is 2.78 bits per heavy atom. The number of rotatable bonds is 4. The van der Waals surface area contributed by atoms with Gasteiger partial charge in [-0.25, -0.2) is 0 Å². The molecule has 5 heteroatoms. The second-order valence-corrected chi connectivity index (χ2v) is 6.40. The zero-order chi connectivity index (χ0) is 15.4. The molecular formula is C18H27ClN2O2. The maximum atomic E-state index is 12.8. The van der Waals surface area contributed by atoms with E-state index in [0.29, 0.717) is 18.2 Å². The van der Waals surface area contributed by atoms with Gasteiger partial charge in [0.05, 0.1) is 13.2 Å². The number of amides is 1. The van der Waals surface area contributed by atoms with Crippen molar-refractivity contribution >= 4 is 18.3 Å².